The molecule has 2 aromatic rings. The molecule has 2 unspecified atom stereocenters. The number of aliphatic hydroxyl groups excluding tert-OH is 1. The third kappa shape index (κ3) is 4.08. The first-order chi connectivity index (χ1) is 17.4. The SMILES string of the molecule is C[C@]12CCC3(O1)C(C(=O)NCc1ccccc1)N(CCCO)C(=O)[C@@H]3[C@H]2C(=O)NCc1ccccc1. The van der Waals surface area contributed by atoms with Gasteiger partial charge in [0.2, 0.25) is 17.7 Å². The zero-order valence-electron chi connectivity index (χ0n) is 20.5. The number of carbonyl (C=O) groups excluding carboxylic acids is 3. The summed E-state index contributed by atoms with van der Waals surface area (Å²) in [7, 11) is 0. The summed E-state index contributed by atoms with van der Waals surface area (Å²) in [4.78, 5) is 42.4. The molecule has 2 aromatic carbocycles. The van der Waals surface area contributed by atoms with Gasteiger partial charge in [0.25, 0.3) is 0 Å². The van der Waals surface area contributed by atoms with Gasteiger partial charge in [-0.05, 0) is 37.3 Å². The van der Waals surface area contributed by atoms with Crippen molar-refractivity contribution in [3.63, 3.8) is 0 Å². The molecule has 0 aliphatic carbocycles. The van der Waals surface area contributed by atoms with Crippen LogP contribution < -0.4 is 10.6 Å². The molecule has 1 spiro atoms. The van der Waals surface area contributed by atoms with Crippen LogP contribution in [0.1, 0.15) is 37.3 Å². The Balaban J connectivity index is 1.40. The molecule has 0 saturated carbocycles. The number of benzene rings is 2. The molecule has 5 rings (SSSR count). The summed E-state index contributed by atoms with van der Waals surface area (Å²) >= 11 is 0. The van der Waals surface area contributed by atoms with Crippen molar-refractivity contribution in [2.75, 3.05) is 13.2 Å². The molecule has 3 amide bonds. The highest BCUT2D eigenvalue weighted by atomic mass is 16.5. The molecule has 8 nitrogen and oxygen atoms in total. The molecule has 2 bridgehead atoms. The van der Waals surface area contributed by atoms with E-state index in [4.69, 9.17) is 4.74 Å². The minimum absolute atomic E-state index is 0.0979. The van der Waals surface area contributed by atoms with Gasteiger partial charge >= 0.3 is 0 Å². The molecule has 3 aliphatic heterocycles. The van der Waals surface area contributed by atoms with Gasteiger partial charge in [0, 0.05) is 26.2 Å². The molecule has 36 heavy (non-hydrogen) atoms. The van der Waals surface area contributed by atoms with Crippen LogP contribution >= 0.6 is 0 Å². The van der Waals surface area contributed by atoms with Gasteiger partial charge < -0.3 is 25.4 Å². The minimum atomic E-state index is -1.06. The predicted molar refractivity (Wildman–Crippen MR) is 132 cm³/mol. The van der Waals surface area contributed by atoms with Crippen molar-refractivity contribution in [2.24, 2.45) is 11.8 Å². The first kappa shape index (κ1) is 24.5. The first-order valence-corrected chi connectivity index (χ1v) is 12.6. The van der Waals surface area contributed by atoms with Crippen molar-refractivity contribution >= 4 is 17.7 Å². The molecular formula is C28H33N3O5. The normalized spacial score (nSPS) is 30.3. The van der Waals surface area contributed by atoms with E-state index < -0.39 is 29.1 Å². The van der Waals surface area contributed by atoms with Crippen molar-refractivity contribution in [1.82, 2.24) is 15.5 Å². The second kappa shape index (κ2) is 9.67. The summed E-state index contributed by atoms with van der Waals surface area (Å²) in [6.45, 7) is 2.71. The summed E-state index contributed by atoms with van der Waals surface area (Å²) in [6, 6.07) is 18.3. The molecule has 5 atom stereocenters. The van der Waals surface area contributed by atoms with Crippen LogP contribution in [0.3, 0.4) is 0 Å². The van der Waals surface area contributed by atoms with Crippen LogP contribution in [0, 0.1) is 11.8 Å². The van der Waals surface area contributed by atoms with Gasteiger partial charge in [-0.2, -0.15) is 0 Å². The Bertz CT molecular complexity index is 1130. The Morgan fingerprint density at radius 2 is 1.56 bits per heavy atom. The molecule has 3 fully saturated rings. The lowest BCUT2D eigenvalue weighted by atomic mass is 9.66. The highest BCUT2D eigenvalue weighted by Gasteiger charge is 2.77. The standard InChI is InChI=1S/C28H33N3O5/c1-27-13-14-28(36-27)22(21(27)24(33)29-17-19-9-4-2-5-10-19)26(35)31(15-8-16-32)23(28)25(34)30-18-20-11-6-3-7-12-20/h2-7,9-12,21-23,32H,8,13-18H2,1H3,(H,29,33)(H,30,34)/t21-,22-,23?,27+,28?/m0/s1. The van der Waals surface area contributed by atoms with Crippen molar-refractivity contribution in [3.05, 3.63) is 71.8 Å². The Morgan fingerprint density at radius 3 is 2.14 bits per heavy atom. The number of rotatable bonds is 9. The predicted octanol–water partition coefficient (Wildman–Crippen LogP) is 1.77. The molecule has 8 heteroatoms. The number of ether oxygens (including phenoxy) is 1. The van der Waals surface area contributed by atoms with Gasteiger partial charge in [-0.3, -0.25) is 14.4 Å². The molecule has 0 radical (unpaired) electrons. The van der Waals surface area contributed by atoms with E-state index >= 15 is 0 Å². The van der Waals surface area contributed by atoms with Crippen LogP contribution in [-0.4, -0.2) is 58.1 Å². The third-order valence-corrected chi connectivity index (χ3v) is 7.98. The average molecular weight is 492 g/mol. The lowest BCUT2D eigenvalue weighted by molar-refractivity contribution is -0.146. The Morgan fingerprint density at radius 1 is 0.972 bits per heavy atom. The average Bonchev–Trinajstić information content (AvgIpc) is 3.46. The Hall–Kier alpha value is -3.23. The largest absolute Gasteiger partial charge is 0.396 e. The number of fused-ring (bicyclic) bond motifs is 1. The fraction of sp³-hybridized carbons (Fsp3) is 0.464. The second-order valence-corrected chi connectivity index (χ2v) is 10.2. The van der Waals surface area contributed by atoms with Crippen LogP contribution in [0.5, 0.6) is 0 Å². The molecule has 0 aromatic heterocycles. The number of amides is 3. The van der Waals surface area contributed by atoms with E-state index in [0.717, 1.165) is 11.1 Å². The summed E-state index contributed by atoms with van der Waals surface area (Å²) in [5.41, 5.74) is 0.0436. The number of likely N-dealkylation sites (tertiary alicyclic amines) is 1. The van der Waals surface area contributed by atoms with Crippen LogP contribution in [0.25, 0.3) is 0 Å². The van der Waals surface area contributed by atoms with E-state index in [0.29, 0.717) is 32.4 Å². The molecular weight excluding hydrogens is 458 g/mol. The highest BCUT2D eigenvalue weighted by molar-refractivity contribution is 5.99. The van der Waals surface area contributed by atoms with E-state index in [1.165, 1.54) is 4.90 Å². The van der Waals surface area contributed by atoms with E-state index in [1.807, 2.05) is 67.6 Å². The lowest BCUT2D eigenvalue weighted by Crippen LogP contribution is -2.55. The Labute approximate surface area is 211 Å². The first-order valence-electron chi connectivity index (χ1n) is 12.6. The van der Waals surface area contributed by atoms with Gasteiger partial charge in [-0.1, -0.05) is 60.7 Å². The topological polar surface area (TPSA) is 108 Å². The zero-order chi connectivity index (χ0) is 25.3. The number of carbonyl (C=O) groups is 3. The van der Waals surface area contributed by atoms with Crippen LogP contribution in [0.4, 0.5) is 0 Å². The highest BCUT2D eigenvalue weighted by Crippen LogP contribution is 2.63. The number of nitrogens with zero attached hydrogens (tertiary/aromatic N) is 1. The summed E-state index contributed by atoms with van der Waals surface area (Å²) < 4.78 is 6.58. The molecule has 3 saturated heterocycles. The van der Waals surface area contributed by atoms with E-state index in [2.05, 4.69) is 10.6 Å². The number of hydrogen-bond donors (Lipinski definition) is 3. The summed E-state index contributed by atoms with van der Waals surface area (Å²) in [6.07, 6.45) is 1.47. The summed E-state index contributed by atoms with van der Waals surface area (Å²) in [5, 5.41) is 15.4. The van der Waals surface area contributed by atoms with Crippen molar-refractivity contribution < 1.29 is 24.2 Å². The van der Waals surface area contributed by atoms with Gasteiger partial charge in [-0.25, -0.2) is 0 Å². The lowest BCUT2D eigenvalue weighted by Gasteiger charge is -2.33. The maximum atomic E-state index is 13.8. The summed E-state index contributed by atoms with van der Waals surface area (Å²) in [5.74, 6) is -2.19. The van der Waals surface area contributed by atoms with Crippen LogP contribution in [-0.2, 0) is 32.2 Å². The number of aliphatic hydroxyl groups is 1. The van der Waals surface area contributed by atoms with Crippen molar-refractivity contribution in [1.29, 1.82) is 0 Å². The molecule has 3 heterocycles. The Kier molecular flexibility index (Phi) is 6.57. The smallest absolute Gasteiger partial charge is 0.246 e. The van der Waals surface area contributed by atoms with E-state index in [1.54, 1.807) is 0 Å². The van der Waals surface area contributed by atoms with E-state index in [9.17, 15) is 19.5 Å². The van der Waals surface area contributed by atoms with Crippen LogP contribution in [0.2, 0.25) is 0 Å². The number of nitrogens with one attached hydrogen (secondary N) is 2. The maximum absolute atomic E-state index is 13.8. The van der Waals surface area contributed by atoms with Crippen molar-refractivity contribution in [2.45, 2.75) is 56.5 Å². The quantitative estimate of drug-likeness (QED) is 0.496. The third-order valence-electron chi connectivity index (χ3n) is 7.98. The molecule has 3 N–H and O–H groups in total. The monoisotopic (exact) mass is 491 g/mol. The zero-order valence-corrected chi connectivity index (χ0v) is 20.5. The van der Waals surface area contributed by atoms with E-state index in [-0.39, 0.29) is 30.9 Å². The van der Waals surface area contributed by atoms with Gasteiger partial charge in [0.15, 0.2) is 0 Å². The van der Waals surface area contributed by atoms with Crippen LogP contribution in [0.15, 0.2) is 60.7 Å². The maximum Gasteiger partial charge on any atom is 0.246 e. The van der Waals surface area contributed by atoms with Gasteiger partial charge in [-0.15, -0.1) is 0 Å². The second-order valence-electron chi connectivity index (χ2n) is 10.2. The molecule has 190 valence electrons. The van der Waals surface area contributed by atoms with Gasteiger partial charge in [0.05, 0.1) is 17.4 Å². The van der Waals surface area contributed by atoms with Crippen molar-refractivity contribution in [3.8, 4) is 0 Å². The number of hydrogen-bond acceptors (Lipinski definition) is 5. The fourth-order valence-corrected chi connectivity index (χ4v) is 6.39. The molecule has 3 aliphatic rings. The minimum Gasteiger partial charge on any atom is -0.396 e. The fourth-order valence-electron chi connectivity index (χ4n) is 6.39. The van der Waals surface area contributed by atoms with Gasteiger partial charge in [0.1, 0.15) is 11.6 Å².